The molecule has 130 valence electrons. The molecule has 2 aliphatic carbocycles. The highest BCUT2D eigenvalue weighted by Gasteiger charge is 2.58. The third kappa shape index (κ3) is 1.97. The number of methoxy groups -OCH3 is 2. The number of fused-ring (bicyclic) bond motifs is 1. The zero-order valence-electron chi connectivity index (χ0n) is 14.5. The molecule has 5 heteroatoms. The minimum absolute atomic E-state index is 0.159. The number of phenols is 1. The van der Waals surface area contributed by atoms with Crippen LogP contribution in [0, 0.1) is 5.92 Å². The number of Topliss-reactive ketones (excluding diaryl/α,β-unsaturated/α-hetero) is 1. The summed E-state index contributed by atoms with van der Waals surface area (Å²) in [7, 11) is 5.36. The van der Waals surface area contributed by atoms with E-state index >= 15 is 0 Å². The van der Waals surface area contributed by atoms with Gasteiger partial charge in [0.05, 0.1) is 7.11 Å². The van der Waals surface area contributed by atoms with Crippen LogP contribution in [0.4, 0.5) is 0 Å². The number of carbonyl (C=O) groups is 1. The monoisotopic (exact) mass is 331 g/mol. The lowest BCUT2D eigenvalue weighted by Crippen LogP contribution is -2.63. The van der Waals surface area contributed by atoms with Gasteiger partial charge in [0.25, 0.3) is 0 Å². The first-order valence-corrected chi connectivity index (χ1v) is 8.67. The number of ketones is 1. The smallest absolute Gasteiger partial charge is 0.162 e. The van der Waals surface area contributed by atoms with E-state index in [0.29, 0.717) is 24.1 Å². The molecule has 0 spiro atoms. The van der Waals surface area contributed by atoms with Gasteiger partial charge in [0.15, 0.2) is 17.3 Å². The molecule has 1 saturated heterocycles. The Morgan fingerprint density at radius 1 is 1.33 bits per heavy atom. The Hall–Kier alpha value is -1.59. The Morgan fingerprint density at radius 2 is 2.12 bits per heavy atom. The molecule has 3 aliphatic rings. The van der Waals surface area contributed by atoms with Crippen molar-refractivity contribution in [1.29, 1.82) is 0 Å². The van der Waals surface area contributed by atoms with Crippen LogP contribution in [-0.2, 0) is 21.4 Å². The number of ether oxygens (including phenoxy) is 2. The first-order chi connectivity index (χ1) is 11.5. The lowest BCUT2D eigenvalue weighted by atomic mass is 9.51. The molecule has 2 bridgehead atoms. The summed E-state index contributed by atoms with van der Waals surface area (Å²) in [4.78, 5) is 15.1. The fourth-order valence-electron chi connectivity index (χ4n) is 5.45. The molecule has 4 atom stereocenters. The molecular formula is C19H25NO4. The van der Waals surface area contributed by atoms with Crippen LogP contribution in [0.25, 0.3) is 0 Å². The zero-order chi connectivity index (χ0) is 17.1. The van der Waals surface area contributed by atoms with Crippen LogP contribution in [0.1, 0.15) is 30.4 Å². The molecule has 0 unspecified atom stereocenters. The summed E-state index contributed by atoms with van der Waals surface area (Å²) in [6.45, 7) is 0.947. The number of hydrogen-bond acceptors (Lipinski definition) is 5. The van der Waals surface area contributed by atoms with E-state index in [0.717, 1.165) is 36.9 Å². The first kappa shape index (κ1) is 15.9. The molecule has 0 aromatic heterocycles. The molecule has 1 aromatic carbocycles. The van der Waals surface area contributed by atoms with Crippen LogP contribution in [-0.4, -0.2) is 55.7 Å². The fourth-order valence-corrected chi connectivity index (χ4v) is 5.45. The lowest BCUT2D eigenvalue weighted by molar-refractivity contribution is -0.141. The number of rotatable bonds is 2. The van der Waals surface area contributed by atoms with Gasteiger partial charge in [0.2, 0.25) is 0 Å². The van der Waals surface area contributed by atoms with Crippen molar-refractivity contribution < 1.29 is 19.4 Å². The van der Waals surface area contributed by atoms with E-state index in [-0.39, 0.29) is 23.1 Å². The second kappa shape index (κ2) is 5.46. The number of piperidine rings is 1. The van der Waals surface area contributed by atoms with Crippen LogP contribution >= 0.6 is 0 Å². The molecule has 5 nitrogen and oxygen atoms in total. The minimum atomic E-state index is -0.313. The average molecular weight is 331 g/mol. The SMILES string of the molecule is COc1ccc2c(c1O)[C@@]13CCN(C)[C@H](C2)[C@@H]1C[C@H](OC)C(=O)C3. The van der Waals surface area contributed by atoms with E-state index in [1.165, 1.54) is 0 Å². The van der Waals surface area contributed by atoms with Gasteiger partial charge in [-0.1, -0.05) is 6.07 Å². The van der Waals surface area contributed by atoms with E-state index < -0.39 is 0 Å². The van der Waals surface area contributed by atoms with Crippen LogP contribution in [0.3, 0.4) is 0 Å². The van der Waals surface area contributed by atoms with Crippen molar-refractivity contribution in [1.82, 2.24) is 4.90 Å². The summed E-state index contributed by atoms with van der Waals surface area (Å²) in [6.07, 6.45) is 2.67. The van der Waals surface area contributed by atoms with Gasteiger partial charge in [-0.25, -0.2) is 0 Å². The molecule has 0 radical (unpaired) electrons. The maximum Gasteiger partial charge on any atom is 0.162 e. The number of likely N-dealkylation sites (N-methyl/N-ethyl adjacent to an activating group) is 1. The summed E-state index contributed by atoms with van der Waals surface area (Å²) >= 11 is 0. The number of likely N-dealkylation sites (tertiary alicyclic amines) is 1. The third-order valence-electron chi connectivity index (χ3n) is 6.63. The number of aromatic hydroxyl groups is 1. The highest BCUT2D eigenvalue weighted by atomic mass is 16.5. The highest BCUT2D eigenvalue weighted by molar-refractivity contribution is 5.86. The number of hydrogen-bond donors (Lipinski definition) is 1. The minimum Gasteiger partial charge on any atom is -0.504 e. The predicted octanol–water partition coefficient (Wildman–Crippen LogP) is 1.89. The summed E-state index contributed by atoms with van der Waals surface area (Å²) in [5.41, 5.74) is 1.83. The van der Waals surface area contributed by atoms with Crippen molar-refractivity contribution in [3.63, 3.8) is 0 Å². The molecule has 1 heterocycles. The molecule has 24 heavy (non-hydrogen) atoms. The Balaban J connectivity index is 1.91. The largest absolute Gasteiger partial charge is 0.504 e. The van der Waals surface area contributed by atoms with E-state index in [2.05, 4.69) is 18.0 Å². The maximum absolute atomic E-state index is 12.7. The van der Waals surface area contributed by atoms with E-state index in [1.54, 1.807) is 14.2 Å². The molecule has 0 amide bonds. The van der Waals surface area contributed by atoms with Gasteiger partial charge in [0, 0.05) is 30.6 Å². The predicted molar refractivity (Wildman–Crippen MR) is 89.6 cm³/mol. The van der Waals surface area contributed by atoms with Crippen LogP contribution in [0.15, 0.2) is 12.1 Å². The van der Waals surface area contributed by atoms with Crippen molar-refractivity contribution in [2.75, 3.05) is 27.8 Å². The number of benzene rings is 1. The molecule has 1 aliphatic heterocycles. The molecule has 1 aromatic rings. The van der Waals surface area contributed by atoms with Crippen molar-refractivity contribution in [2.24, 2.45) is 5.92 Å². The Morgan fingerprint density at radius 3 is 2.83 bits per heavy atom. The Kier molecular flexibility index (Phi) is 3.62. The number of phenolic OH excluding ortho intramolecular Hbond substituents is 1. The first-order valence-electron chi connectivity index (χ1n) is 8.67. The van der Waals surface area contributed by atoms with E-state index in [9.17, 15) is 9.90 Å². The average Bonchev–Trinajstić information content (AvgIpc) is 2.57. The van der Waals surface area contributed by atoms with Crippen LogP contribution in [0.5, 0.6) is 11.5 Å². The second-order valence-electron chi connectivity index (χ2n) is 7.52. The maximum atomic E-state index is 12.7. The van der Waals surface area contributed by atoms with Crippen molar-refractivity contribution in [3.8, 4) is 11.5 Å². The summed E-state index contributed by atoms with van der Waals surface area (Å²) in [5, 5.41) is 10.9. The molecular weight excluding hydrogens is 306 g/mol. The van der Waals surface area contributed by atoms with Gasteiger partial charge < -0.3 is 19.5 Å². The number of carbonyl (C=O) groups excluding carboxylic acids is 1. The molecule has 1 N–H and O–H groups in total. The third-order valence-corrected chi connectivity index (χ3v) is 6.63. The molecule has 2 fully saturated rings. The molecule has 4 rings (SSSR count). The van der Waals surface area contributed by atoms with Gasteiger partial charge in [0.1, 0.15) is 6.10 Å². The molecule has 1 saturated carbocycles. The van der Waals surface area contributed by atoms with Gasteiger partial charge in [-0.2, -0.15) is 0 Å². The standard InChI is InChI=1S/C19H25NO4/c1-20-7-6-19-10-14(21)16(24-3)9-12(19)13(20)8-11-4-5-15(23-2)18(22)17(11)19/h4-5,12-13,16,22H,6-10H2,1-3H3/t12-,13+,16-,19+/m0/s1. The van der Waals surface area contributed by atoms with Crippen LogP contribution in [0.2, 0.25) is 0 Å². The van der Waals surface area contributed by atoms with Gasteiger partial charge in [-0.05, 0) is 50.4 Å². The van der Waals surface area contributed by atoms with Gasteiger partial charge in [-0.15, -0.1) is 0 Å². The van der Waals surface area contributed by atoms with E-state index in [4.69, 9.17) is 9.47 Å². The quantitative estimate of drug-likeness (QED) is 0.897. The fraction of sp³-hybridized carbons (Fsp3) is 0.632. The van der Waals surface area contributed by atoms with Crippen molar-refractivity contribution in [3.05, 3.63) is 23.3 Å². The zero-order valence-corrected chi connectivity index (χ0v) is 14.5. The number of nitrogens with zero attached hydrogens (tertiary/aromatic N) is 1. The Bertz CT molecular complexity index is 688. The van der Waals surface area contributed by atoms with Crippen molar-refractivity contribution >= 4 is 5.78 Å². The highest BCUT2D eigenvalue weighted by Crippen LogP contribution is 2.58. The normalized spacial score (nSPS) is 35.3. The second-order valence-corrected chi connectivity index (χ2v) is 7.52. The van der Waals surface area contributed by atoms with E-state index in [1.807, 2.05) is 6.07 Å². The topological polar surface area (TPSA) is 59.0 Å². The van der Waals surface area contributed by atoms with Gasteiger partial charge >= 0.3 is 0 Å². The summed E-state index contributed by atoms with van der Waals surface area (Å²) < 4.78 is 10.8. The summed E-state index contributed by atoms with van der Waals surface area (Å²) in [6, 6.07) is 4.29. The lowest BCUT2D eigenvalue weighted by Gasteiger charge is -2.58. The summed E-state index contributed by atoms with van der Waals surface area (Å²) in [5.74, 6) is 1.21. The van der Waals surface area contributed by atoms with Crippen LogP contribution < -0.4 is 4.74 Å². The van der Waals surface area contributed by atoms with Gasteiger partial charge in [-0.3, -0.25) is 4.79 Å². The Labute approximate surface area is 142 Å². The van der Waals surface area contributed by atoms with Crippen molar-refractivity contribution in [2.45, 2.75) is 43.2 Å².